The first-order valence-corrected chi connectivity index (χ1v) is 3.25. The molecule has 0 N–H and O–H groups in total. The SMILES string of the molecule is Cc1cc[c-](C)p1.Cl.Cl.[Zr]. The van der Waals surface area contributed by atoms with Crippen molar-refractivity contribution in [3.8, 4) is 0 Å². The summed E-state index contributed by atoms with van der Waals surface area (Å²) in [6.07, 6.45) is 0. The second-order valence-electron chi connectivity index (χ2n) is 1.73. The molecule has 0 spiro atoms. The van der Waals surface area contributed by atoms with Crippen molar-refractivity contribution in [1.82, 2.24) is 0 Å². The van der Waals surface area contributed by atoms with Crippen molar-refractivity contribution >= 4 is 33.0 Å². The quantitative estimate of drug-likeness (QED) is 0.636. The smallest absolute Gasteiger partial charge is 0 e. The zero-order chi connectivity index (χ0) is 5.28. The van der Waals surface area contributed by atoms with Gasteiger partial charge in [-0.1, -0.05) is 13.8 Å². The molecular formula is C6H10Cl2PZr-. The van der Waals surface area contributed by atoms with Crippen LogP contribution in [0, 0.1) is 13.8 Å². The standard InChI is InChI=1S/C6H8P.2ClH.Zr/c1-5-3-4-6(2)7-5;;;/h3-4H,1-2H3;2*1H;/q-1;;;. The molecule has 0 nitrogen and oxygen atoms in total. The van der Waals surface area contributed by atoms with E-state index >= 15 is 0 Å². The summed E-state index contributed by atoms with van der Waals surface area (Å²) < 4.78 is 0. The van der Waals surface area contributed by atoms with Gasteiger partial charge in [-0.25, -0.2) is 14.3 Å². The molecule has 10 heavy (non-hydrogen) atoms. The maximum absolute atomic E-state index is 2.16. The van der Waals surface area contributed by atoms with Crippen LogP contribution in [-0.2, 0) is 26.2 Å². The Hall–Kier alpha value is 1.24. The maximum Gasteiger partial charge on any atom is 0 e. The second-order valence-corrected chi connectivity index (χ2v) is 3.36. The molecule has 0 aliphatic rings. The number of hydrogen-bond acceptors (Lipinski definition) is 0. The first-order valence-electron chi connectivity index (χ1n) is 2.36. The average molecular weight is 275 g/mol. The van der Waals surface area contributed by atoms with E-state index in [9.17, 15) is 0 Å². The molecule has 0 saturated carbocycles. The largest absolute Gasteiger partial charge is 0.221 e. The summed E-state index contributed by atoms with van der Waals surface area (Å²) in [7, 11) is 1.41. The van der Waals surface area contributed by atoms with Crippen LogP contribution in [0.4, 0.5) is 0 Å². The predicted molar refractivity (Wildman–Crippen MR) is 48.5 cm³/mol. The Labute approximate surface area is 95.2 Å². The molecular weight excluding hydrogens is 265 g/mol. The van der Waals surface area contributed by atoms with Gasteiger partial charge < -0.3 is 0 Å². The van der Waals surface area contributed by atoms with Crippen LogP contribution in [0.25, 0.3) is 0 Å². The molecule has 4 heteroatoms. The molecule has 58 valence electrons. The van der Waals surface area contributed by atoms with Crippen molar-refractivity contribution < 1.29 is 26.2 Å². The summed E-state index contributed by atoms with van der Waals surface area (Å²) in [5.74, 6) is 0. The van der Waals surface area contributed by atoms with Crippen LogP contribution in [0.3, 0.4) is 0 Å². The fourth-order valence-corrected chi connectivity index (χ4v) is 1.45. The zero-order valence-corrected chi connectivity index (χ0v) is 10.9. The Morgan fingerprint density at radius 3 is 2.00 bits per heavy atom. The van der Waals surface area contributed by atoms with Gasteiger partial charge >= 0.3 is 0 Å². The monoisotopic (exact) mass is 273 g/mol. The zero-order valence-electron chi connectivity index (χ0n) is 5.92. The van der Waals surface area contributed by atoms with Crippen LogP contribution in [0.15, 0.2) is 12.1 Å². The van der Waals surface area contributed by atoms with Gasteiger partial charge in [0.05, 0.1) is 0 Å². The predicted octanol–water partition coefficient (Wildman–Crippen LogP) is 3.44. The van der Waals surface area contributed by atoms with E-state index in [2.05, 4.69) is 26.0 Å². The number of rotatable bonds is 0. The Morgan fingerprint density at radius 2 is 1.90 bits per heavy atom. The first-order chi connectivity index (χ1) is 3.29. The van der Waals surface area contributed by atoms with E-state index in [-0.39, 0.29) is 51.0 Å². The van der Waals surface area contributed by atoms with Crippen molar-refractivity contribution in [2.24, 2.45) is 0 Å². The van der Waals surface area contributed by atoms with Crippen LogP contribution < -0.4 is 0 Å². The van der Waals surface area contributed by atoms with E-state index < -0.39 is 0 Å². The number of halogens is 2. The van der Waals surface area contributed by atoms with E-state index in [4.69, 9.17) is 0 Å². The Kier molecular flexibility index (Phi) is 14.5. The summed E-state index contributed by atoms with van der Waals surface area (Å²) in [6.45, 7) is 4.29. The summed E-state index contributed by atoms with van der Waals surface area (Å²) in [5, 5.41) is 2.91. The van der Waals surface area contributed by atoms with Gasteiger partial charge in [-0.2, -0.15) is 11.4 Å². The fraction of sp³-hybridized carbons (Fsp3) is 0.333. The van der Waals surface area contributed by atoms with Gasteiger partial charge in [0, 0.05) is 26.2 Å². The maximum atomic E-state index is 2.16. The minimum Gasteiger partial charge on any atom is -0.221 e. The fourth-order valence-electron chi connectivity index (χ4n) is 0.594. The van der Waals surface area contributed by atoms with Gasteiger partial charge in [0.2, 0.25) is 0 Å². The average Bonchev–Trinajstić information content (AvgIpc) is 1.87. The summed E-state index contributed by atoms with van der Waals surface area (Å²) >= 11 is 0. The third-order valence-corrected chi connectivity index (χ3v) is 1.92. The number of hydrogen-bond donors (Lipinski definition) is 0. The molecule has 1 aromatic rings. The molecule has 1 rings (SSSR count). The normalized spacial score (nSPS) is 7.40. The van der Waals surface area contributed by atoms with Crippen LogP contribution >= 0.6 is 33.0 Å². The van der Waals surface area contributed by atoms with E-state index in [0.29, 0.717) is 0 Å². The van der Waals surface area contributed by atoms with Crippen molar-refractivity contribution in [1.29, 1.82) is 0 Å². The van der Waals surface area contributed by atoms with E-state index in [0.717, 1.165) is 0 Å². The third kappa shape index (κ3) is 5.99. The molecule has 0 amide bonds. The Morgan fingerprint density at radius 1 is 1.40 bits per heavy atom. The van der Waals surface area contributed by atoms with Gasteiger partial charge in [-0.3, -0.25) is 0 Å². The van der Waals surface area contributed by atoms with Gasteiger partial charge in [-0.05, 0) is 0 Å². The topological polar surface area (TPSA) is 0 Å². The van der Waals surface area contributed by atoms with Gasteiger partial charge in [0.25, 0.3) is 0 Å². The molecule has 0 unspecified atom stereocenters. The minimum absolute atomic E-state index is 0. The molecule has 0 atom stereocenters. The third-order valence-electron chi connectivity index (χ3n) is 0.918. The first kappa shape index (κ1) is 17.4. The van der Waals surface area contributed by atoms with Crippen LogP contribution in [0.2, 0.25) is 0 Å². The van der Waals surface area contributed by atoms with Crippen LogP contribution in [0.5, 0.6) is 0 Å². The van der Waals surface area contributed by atoms with E-state index in [1.807, 2.05) is 0 Å². The molecule has 1 heterocycles. The van der Waals surface area contributed by atoms with Gasteiger partial charge in [0.1, 0.15) is 0 Å². The molecule has 0 saturated heterocycles. The van der Waals surface area contributed by atoms with Gasteiger partial charge in [0.15, 0.2) is 0 Å². The Balaban J connectivity index is -0.000000163. The molecule has 0 aliphatic heterocycles. The minimum atomic E-state index is 0. The van der Waals surface area contributed by atoms with Crippen LogP contribution in [0.1, 0.15) is 10.6 Å². The second kappa shape index (κ2) is 8.34. The summed E-state index contributed by atoms with van der Waals surface area (Å²) in [5.41, 5.74) is 0. The van der Waals surface area contributed by atoms with Crippen molar-refractivity contribution in [2.45, 2.75) is 13.8 Å². The summed E-state index contributed by atoms with van der Waals surface area (Å²) in [4.78, 5) is 0. The molecule has 0 aliphatic carbocycles. The molecule has 1 aromatic heterocycles. The van der Waals surface area contributed by atoms with Crippen molar-refractivity contribution in [3.05, 3.63) is 22.7 Å². The van der Waals surface area contributed by atoms with E-state index in [1.54, 1.807) is 0 Å². The molecule has 0 bridgehead atoms. The Bertz CT molecular complexity index is 148. The molecule has 0 radical (unpaired) electrons. The van der Waals surface area contributed by atoms with Gasteiger partial charge in [-0.15, -0.1) is 30.1 Å². The summed E-state index contributed by atoms with van der Waals surface area (Å²) in [6, 6.07) is 4.33. The van der Waals surface area contributed by atoms with Crippen molar-refractivity contribution in [3.63, 3.8) is 0 Å². The molecule has 0 aromatic carbocycles. The van der Waals surface area contributed by atoms with Crippen molar-refractivity contribution in [2.75, 3.05) is 0 Å². The van der Waals surface area contributed by atoms with Crippen LogP contribution in [-0.4, -0.2) is 0 Å². The number of aryl methyl sites for hydroxylation is 2. The molecule has 0 fully saturated rings. The van der Waals surface area contributed by atoms with E-state index in [1.165, 1.54) is 18.8 Å².